The lowest BCUT2D eigenvalue weighted by atomic mass is 10.0. The lowest BCUT2D eigenvalue weighted by Crippen LogP contribution is -2.58. The highest BCUT2D eigenvalue weighted by molar-refractivity contribution is 5.96. The number of nitrogens with two attached hydrogens (primary N) is 3. The first-order valence-electron chi connectivity index (χ1n) is 13.5. The largest absolute Gasteiger partial charge is 0.481 e. The topological polar surface area (TPSA) is 268 Å². The van der Waals surface area contributed by atoms with Crippen LogP contribution in [0.2, 0.25) is 0 Å². The van der Waals surface area contributed by atoms with Gasteiger partial charge in [-0.25, -0.2) is 4.79 Å². The summed E-state index contributed by atoms with van der Waals surface area (Å²) in [5.41, 5.74) is 18.1. The molecule has 0 radical (unpaired) electrons. The summed E-state index contributed by atoms with van der Waals surface area (Å²) in [6.07, 6.45) is 1.54. The Balaban J connectivity index is 2.27. The van der Waals surface area contributed by atoms with Crippen molar-refractivity contribution in [3.05, 3.63) is 36.0 Å². The Morgan fingerprint density at radius 1 is 0.929 bits per heavy atom. The first-order valence-corrected chi connectivity index (χ1v) is 13.5. The third-order valence-corrected chi connectivity index (χ3v) is 6.37. The van der Waals surface area contributed by atoms with Crippen molar-refractivity contribution in [1.29, 1.82) is 0 Å². The number of carboxylic acid groups (broad SMARTS) is 2. The summed E-state index contributed by atoms with van der Waals surface area (Å²) < 4.78 is 0. The number of benzene rings is 1. The number of hydrogen-bond donors (Lipinski definition) is 9. The lowest BCUT2D eigenvalue weighted by molar-refractivity contribution is -0.144. The van der Waals surface area contributed by atoms with Gasteiger partial charge in [-0.2, -0.15) is 0 Å². The molecule has 1 heterocycles. The van der Waals surface area contributed by atoms with E-state index >= 15 is 0 Å². The number of hydrogen-bond acceptors (Lipinski definition) is 7. The Morgan fingerprint density at radius 3 is 2.17 bits per heavy atom. The fourth-order valence-corrected chi connectivity index (χ4v) is 4.28. The number of carbonyl (C=O) groups is 5. The van der Waals surface area contributed by atoms with Gasteiger partial charge >= 0.3 is 11.9 Å². The zero-order chi connectivity index (χ0) is 31.4. The number of nitrogens with one attached hydrogen (secondary N) is 4. The number of fused-ring (bicyclic) bond motifs is 1. The van der Waals surface area contributed by atoms with Gasteiger partial charge in [0.2, 0.25) is 17.7 Å². The summed E-state index contributed by atoms with van der Waals surface area (Å²) in [5, 5.41) is 27.0. The molecule has 0 spiro atoms. The van der Waals surface area contributed by atoms with Crippen LogP contribution in [0.25, 0.3) is 10.9 Å². The van der Waals surface area contributed by atoms with Crippen molar-refractivity contribution in [1.82, 2.24) is 20.9 Å². The van der Waals surface area contributed by atoms with Crippen LogP contribution in [0.1, 0.15) is 45.1 Å². The number of aromatic nitrogens is 1. The number of carboxylic acids is 2. The second-order valence-electron chi connectivity index (χ2n) is 10.4. The zero-order valence-electron chi connectivity index (χ0n) is 23.6. The molecule has 12 N–H and O–H groups in total. The highest BCUT2D eigenvalue weighted by Crippen LogP contribution is 2.19. The Bertz CT molecular complexity index is 1290. The van der Waals surface area contributed by atoms with Gasteiger partial charge in [0.05, 0.1) is 12.5 Å². The number of para-hydroxylation sites is 1. The average Bonchev–Trinajstić information content (AvgIpc) is 3.31. The molecule has 2 rings (SSSR count). The third kappa shape index (κ3) is 10.7. The number of carbonyl (C=O) groups excluding carboxylic acids is 3. The number of nitrogens with zero attached hydrogens (tertiary/aromatic N) is 1. The maximum atomic E-state index is 13.5. The summed E-state index contributed by atoms with van der Waals surface area (Å²) in [6, 6.07) is 2.14. The average molecular weight is 589 g/mol. The van der Waals surface area contributed by atoms with E-state index in [1.165, 1.54) is 0 Å². The fourth-order valence-electron chi connectivity index (χ4n) is 4.28. The first-order chi connectivity index (χ1) is 19.8. The number of aromatic amines is 1. The predicted octanol–water partition coefficient (Wildman–Crippen LogP) is -0.849. The van der Waals surface area contributed by atoms with Gasteiger partial charge in [-0.15, -0.1) is 0 Å². The minimum Gasteiger partial charge on any atom is -0.481 e. The second kappa shape index (κ2) is 16.0. The Morgan fingerprint density at radius 2 is 1.55 bits per heavy atom. The van der Waals surface area contributed by atoms with E-state index < -0.39 is 60.2 Å². The first kappa shape index (κ1) is 33.5. The molecule has 0 aliphatic heterocycles. The SMILES string of the molecule is CC(C)CC(NC(=O)C(CC(=O)O)NC(=O)C(Cc1c[nH]c2ccccc12)NC(=O)C(N)CCCN=C(N)N)C(=O)O. The van der Waals surface area contributed by atoms with Crippen LogP contribution in [0.3, 0.4) is 0 Å². The molecule has 42 heavy (non-hydrogen) atoms. The van der Waals surface area contributed by atoms with E-state index in [-0.39, 0.29) is 37.7 Å². The molecule has 4 unspecified atom stereocenters. The molecule has 0 saturated heterocycles. The van der Waals surface area contributed by atoms with E-state index in [9.17, 15) is 34.2 Å². The van der Waals surface area contributed by atoms with Crippen LogP contribution in [0.5, 0.6) is 0 Å². The number of aliphatic carboxylic acids is 2. The fraction of sp³-hybridized carbons (Fsp3) is 0.481. The maximum absolute atomic E-state index is 13.5. The molecule has 2 aromatic rings. The minimum atomic E-state index is -1.61. The summed E-state index contributed by atoms with van der Waals surface area (Å²) in [5.74, 6) is -5.35. The van der Waals surface area contributed by atoms with E-state index in [0.29, 0.717) is 12.0 Å². The molecular formula is C27H40N8O7. The highest BCUT2D eigenvalue weighted by atomic mass is 16.4. The predicted molar refractivity (Wildman–Crippen MR) is 155 cm³/mol. The van der Waals surface area contributed by atoms with Crippen molar-refractivity contribution < 1.29 is 34.2 Å². The van der Waals surface area contributed by atoms with Crippen molar-refractivity contribution in [2.45, 2.75) is 70.1 Å². The standard InChI is InChI=1S/C27H40N8O7/c1-14(2)10-21(26(41)42)35-25(40)20(12-22(36)37)34-24(39)19(11-15-13-32-18-8-4-3-6-16(15)18)33-23(38)17(28)7-5-9-31-27(29)30/h3-4,6,8,13-14,17,19-21,32H,5,7,9-12,28H2,1-2H3,(H,33,38)(H,34,39)(H,35,40)(H,36,37)(H,41,42)(H4,29,30,31). The molecule has 0 aliphatic rings. The van der Waals surface area contributed by atoms with Gasteiger partial charge in [-0.05, 0) is 36.8 Å². The maximum Gasteiger partial charge on any atom is 0.326 e. The second-order valence-corrected chi connectivity index (χ2v) is 10.4. The van der Waals surface area contributed by atoms with Crippen LogP contribution >= 0.6 is 0 Å². The summed E-state index contributed by atoms with van der Waals surface area (Å²) in [7, 11) is 0. The smallest absolute Gasteiger partial charge is 0.326 e. The summed E-state index contributed by atoms with van der Waals surface area (Å²) in [4.78, 5) is 69.5. The van der Waals surface area contributed by atoms with Crippen LogP contribution in [-0.4, -0.2) is 81.5 Å². The molecule has 3 amide bonds. The van der Waals surface area contributed by atoms with E-state index in [0.717, 1.165) is 10.9 Å². The number of guanidine groups is 1. The molecule has 15 nitrogen and oxygen atoms in total. The van der Waals surface area contributed by atoms with Crippen LogP contribution in [0.4, 0.5) is 0 Å². The van der Waals surface area contributed by atoms with Gasteiger partial charge in [0.15, 0.2) is 5.96 Å². The van der Waals surface area contributed by atoms with Gasteiger partial charge < -0.3 is 48.3 Å². The normalized spacial score (nSPS) is 13.9. The van der Waals surface area contributed by atoms with Crippen LogP contribution in [-0.2, 0) is 30.4 Å². The molecule has 0 bridgehead atoms. The number of H-pyrrole nitrogens is 1. The molecule has 0 fully saturated rings. The molecule has 1 aromatic heterocycles. The lowest BCUT2D eigenvalue weighted by Gasteiger charge is -2.25. The van der Waals surface area contributed by atoms with E-state index in [1.54, 1.807) is 20.0 Å². The summed E-state index contributed by atoms with van der Waals surface area (Å²) in [6.45, 7) is 3.78. The minimum absolute atomic E-state index is 0.0190. The van der Waals surface area contributed by atoms with Gasteiger partial charge in [-0.1, -0.05) is 32.0 Å². The summed E-state index contributed by atoms with van der Waals surface area (Å²) >= 11 is 0. The third-order valence-electron chi connectivity index (χ3n) is 6.37. The van der Waals surface area contributed by atoms with Crippen LogP contribution in [0.15, 0.2) is 35.5 Å². The quantitative estimate of drug-likeness (QED) is 0.0627. The monoisotopic (exact) mass is 588 g/mol. The molecule has 0 saturated carbocycles. The van der Waals surface area contributed by atoms with Gasteiger partial charge in [0.25, 0.3) is 0 Å². The van der Waals surface area contributed by atoms with E-state index in [1.807, 2.05) is 24.3 Å². The van der Waals surface area contributed by atoms with Crippen molar-refractivity contribution in [2.75, 3.05) is 6.54 Å². The molecule has 1 aromatic carbocycles. The van der Waals surface area contributed by atoms with E-state index in [4.69, 9.17) is 17.2 Å². The van der Waals surface area contributed by atoms with Gasteiger partial charge in [-0.3, -0.25) is 24.2 Å². The van der Waals surface area contributed by atoms with Crippen molar-refractivity contribution in [3.8, 4) is 0 Å². The molecule has 15 heteroatoms. The van der Waals surface area contributed by atoms with Crippen molar-refractivity contribution in [3.63, 3.8) is 0 Å². The highest BCUT2D eigenvalue weighted by Gasteiger charge is 2.32. The zero-order valence-corrected chi connectivity index (χ0v) is 23.6. The Kier molecular flexibility index (Phi) is 12.7. The Labute approximate surface area is 242 Å². The van der Waals surface area contributed by atoms with Gasteiger partial charge in [0.1, 0.15) is 18.1 Å². The van der Waals surface area contributed by atoms with Crippen molar-refractivity contribution in [2.24, 2.45) is 28.1 Å². The number of aliphatic imine (C=N–C) groups is 1. The van der Waals surface area contributed by atoms with Crippen molar-refractivity contribution >= 4 is 46.5 Å². The molecule has 4 atom stereocenters. The number of amides is 3. The molecule has 230 valence electrons. The van der Waals surface area contributed by atoms with E-state index in [2.05, 4.69) is 25.9 Å². The number of rotatable bonds is 17. The molecule has 0 aliphatic carbocycles. The van der Waals surface area contributed by atoms with Crippen LogP contribution < -0.4 is 33.2 Å². The Hall–Kier alpha value is -4.66. The van der Waals surface area contributed by atoms with Gasteiger partial charge in [0, 0.05) is 30.1 Å². The molecular weight excluding hydrogens is 548 g/mol. The van der Waals surface area contributed by atoms with Crippen LogP contribution in [0, 0.1) is 5.92 Å².